The van der Waals surface area contributed by atoms with Crippen LogP contribution in [0.1, 0.15) is 21.5 Å². The normalized spacial score (nSPS) is 11.4. The van der Waals surface area contributed by atoms with Crippen LogP contribution in [0.15, 0.2) is 23.1 Å². The second kappa shape index (κ2) is 9.61. The molecule has 0 saturated carbocycles. The lowest BCUT2D eigenvalue weighted by molar-refractivity contribution is 0.0447. The molecule has 0 unspecified atom stereocenters. The molecule has 0 aliphatic heterocycles. The van der Waals surface area contributed by atoms with Crippen LogP contribution in [0.2, 0.25) is 0 Å². The molecule has 28 heavy (non-hydrogen) atoms. The Bertz CT molecular complexity index is 1010. The first-order valence-electron chi connectivity index (χ1n) is 7.67. The molecule has 1 N–H and O–H groups in total. The highest BCUT2D eigenvalue weighted by Gasteiger charge is 2.21. The van der Waals surface area contributed by atoms with Crippen LogP contribution >= 0.6 is 67.8 Å². The van der Waals surface area contributed by atoms with Gasteiger partial charge in [-0.3, -0.25) is 0 Å². The summed E-state index contributed by atoms with van der Waals surface area (Å²) in [7, 11) is -4.56. The molecule has 2 aromatic carbocycles. The van der Waals surface area contributed by atoms with Crippen LogP contribution in [0.3, 0.4) is 0 Å². The maximum atomic E-state index is 12.3. The Hall–Kier alpha value is -0.390. The summed E-state index contributed by atoms with van der Waals surface area (Å²) in [5.74, 6) is -0.178. The summed E-state index contributed by atoms with van der Waals surface area (Å²) in [5, 5.41) is 10.00. The van der Waals surface area contributed by atoms with Crippen LogP contribution in [0.25, 0.3) is 0 Å². The number of carbonyl (C=O) groups is 1. The largest absolute Gasteiger partial charge is 0.744 e. The van der Waals surface area contributed by atoms with Crippen molar-refractivity contribution in [2.24, 2.45) is 0 Å². The molecule has 0 amide bonds. The Labute approximate surface area is 203 Å². The molecule has 7 nitrogen and oxygen atoms in total. The quantitative estimate of drug-likeness (QED) is 0.207. The summed E-state index contributed by atoms with van der Waals surface area (Å²) in [6, 6.07) is 4.58. The molecule has 2 rings (SSSR count). The maximum Gasteiger partial charge on any atom is 0.340 e. The van der Waals surface area contributed by atoms with Gasteiger partial charge in [-0.1, -0.05) is 0 Å². The number of carbonyl (C=O) groups excluding carboxylic acids is 1. The van der Waals surface area contributed by atoms with E-state index in [1.807, 2.05) is 67.8 Å². The van der Waals surface area contributed by atoms with Gasteiger partial charge < -0.3 is 19.1 Å². The first-order valence-corrected chi connectivity index (χ1v) is 12.3. The number of esters is 1. The van der Waals surface area contributed by atoms with Gasteiger partial charge in [0.05, 0.1) is 17.6 Å². The summed E-state index contributed by atoms with van der Waals surface area (Å²) >= 11 is 5.88. The molecule has 0 fully saturated rings. The van der Waals surface area contributed by atoms with E-state index in [4.69, 9.17) is 9.47 Å². The number of phenols is 1. The van der Waals surface area contributed by atoms with E-state index in [0.717, 1.165) is 0 Å². The lowest BCUT2D eigenvalue weighted by atomic mass is 10.1. The standard InChI is InChI=1S/C17H15I3O7S/c1-8-5-10(6-9(2)16(8)28(23,24)25)26-3-4-27-17(22)13-11(18)7-12(19)15(21)14(13)20/h5-7,21H,3-4H2,1-2H3,(H,23,24,25)/p-1. The van der Waals surface area contributed by atoms with Gasteiger partial charge in [0.1, 0.15) is 34.8 Å². The lowest BCUT2D eigenvalue weighted by Crippen LogP contribution is -2.15. The van der Waals surface area contributed by atoms with Gasteiger partial charge in [-0.15, -0.1) is 0 Å². The van der Waals surface area contributed by atoms with E-state index >= 15 is 0 Å². The van der Waals surface area contributed by atoms with Crippen molar-refractivity contribution < 1.29 is 32.3 Å². The van der Waals surface area contributed by atoms with Crippen LogP contribution in [0.4, 0.5) is 0 Å². The van der Waals surface area contributed by atoms with Crippen LogP contribution in [0, 0.1) is 24.6 Å². The van der Waals surface area contributed by atoms with E-state index < -0.39 is 16.1 Å². The van der Waals surface area contributed by atoms with E-state index in [1.54, 1.807) is 6.07 Å². The first-order chi connectivity index (χ1) is 12.9. The number of hydrogen-bond donors (Lipinski definition) is 1. The van der Waals surface area contributed by atoms with E-state index in [1.165, 1.54) is 26.0 Å². The molecule has 0 aliphatic rings. The molecule has 0 heterocycles. The van der Waals surface area contributed by atoms with E-state index in [-0.39, 0.29) is 29.4 Å². The van der Waals surface area contributed by atoms with Crippen molar-refractivity contribution in [3.05, 3.63) is 45.6 Å². The van der Waals surface area contributed by atoms with Crippen molar-refractivity contribution in [3.63, 3.8) is 0 Å². The number of aryl methyl sites for hydroxylation is 2. The van der Waals surface area contributed by atoms with E-state index in [0.29, 0.717) is 27.6 Å². The first kappa shape index (κ1) is 23.9. The van der Waals surface area contributed by atoms with Gasteiger partial charge in [0.2, 0.25) is 0 Å². The molecule has 0 aromatic heterocycles. The smallest absolute Gasteiger partial charge is 0.340 e. The SMILES string of the molecule is Cc1cc(OCCOC(=O)c2c(I)cc(I)c(O)c2I)cc(C)c1S(=O)(=O)[O-]. The second-order valence-corrected chi connectivity index (χ2v) is 10.4. The molecule has 11 heteroatoms. The highest BCUT2D eigenvalue weighted by molar-refractivity contribution is 14.1. The third-order valence-electron chi connectivity index (χ3n) is 3.62. The van der Waals surface area contributed by atoms with Gasteiger partial charge in [-0.05, 0) is 111 Å². The predicted molar refractivity (Wildman–Crippen MR) is 126 cm³/mol. The van der Waals surface area contributed by atoms with E-state index in [2.05, 4.69) is 0 Å². The third kappa shape index (κ3) is 5.60. The average Bonchev–Trinajstić information content (AvgIpc) is 2.55. The Morgan fingerprint density at radius 1 is 1.07 bits per heavy atom. The Morgan fingerprint density at radius 3 is 2.18 bits per heavy atom. The molecule has 0 aliphatic carbocycles. The van der Waals surface area contributed by atoms with Crippen molar-refractivity contribution in [1.29, 1.82) is 0 Å². The third-order valence-corrected chi connectivity index (χ3v) is 7.49. The molecule has 0 spiro atoms. The summed E-state index contributed by atoms with van der Waals surface area (Å²) < 4.78 is 46.3. The Kier molecular flexibility index (Phi) is 8.20. The lowest BCUT2D eigenvalue weighted by Gasteiger charge is -2.16. The number of hydrogen-bond acceptors (Lipinski definition) is 7. The highest BCUT2D eigenvalue weighted by Crippen LogP contribution is 2.33. The Balaban J connectivity index is 2.02. The number of rotatable bonds is 6. The van der Waals surface area contributed by atoms with Crippen molar-refractivity contribution >= 4 is 83.9 Å². The summed E-state index contributed by atoms with van der Waals surface area (Å²) in [6.45, 7) is 3.02. The number of phenolic OH excluding ortho intramolecular Hbond substituents is 1. The minimum Gasteiger partial charge on any atom is -0.744 e. The molecule has 0 bridgehead atoms. The summed E-state index contributed by atoms with van der Waals surface area (Å²) in [5.41, 5.74) is 0.872. The van der Waals surface area contributed by atoms with Gasteiger partial charge in [0.25, 0.3) is 0 Å². The minimum absolute atomic E-state index is 0.0316. The zero-order valence-corrected chi connectivity index (χ0v) is 21.9. The number of benzene rings is 2. The van der Waals surface area contributed by atoms with Crippen molar-refractivity contribution in [2.75, 3.05) is 13.2 Å². The number of aromatic hydroxyl groups is 1. The minimum atomic E-state index is -4.56. The molecular weight excluding hydrogens is 729 g/mol. The van der Waals surface area contributed by atoms with E-state index in [9.17, 15) is 22.9 Å². The van der Waals surface area contributed by atoms with Crippen molar-refractivity contribution in [3.8, 4) is 11.5 Å². The summed E-state index contributed by atoms with van der Waals surface area (Å²) in [4.78, 5) is 12.1. The second-order valence-electron chi connectivity index (χ2n) is 5.70. The summed E-state index contributed by atoms with van der Waals surface area (Å²) in [6.07, 6.45) is 0. The van der Waals surface area contributed by atoms with Crippen LogP contribution in [-0.2, 0) is 14.9 Å². The van der Waals surface area contributed by atoms with Crippen LogP contribution < -0.4 is 4.74 Å². The van der Waals surface area contributed by atoms with Gasteiger partial charge in [0, 0.05) is 3.57 Å². The van der Waals surface area contributed by atoms with Crippen LogP contribution in [-0.4, -0.2) is 37.3 Å². The number of ether oxygens (including phenoxy) is 2. The molecule has 0 atom stereocenters. The monoisotopic (exact) mass is 743 g/mol. The topological polar surface area (TPSA) is 113 Å². The van der Waals surface area contributed by atoms with Gasteiger partial charge in [-0.2, -0.15) is 0 Å². The highest BCUT2D eigenvalue weighted by atomic mass is 127. The van der Waals surface area contributed by atoms with Crippen molar-refractivity contribution in [2.45, 2.75) is 18.7 Å². The predicted octanol–water partition coefficient (Wildman–Crippen LogP) is 3.96. The van der Waals surface area contributed by atoms with Gasteiger partial charge in [-0.25, -0.2) is 13.2 Å². The number of halogens is 3. The molecule has 0 radical (unpaired) electrons. The zero-order valence-electron chi connectivity index (χ0n) is 14.6. The zero-order chi connectivity index (χ0) is 21.2. The maximum absolute atomic E-state index is 12.3. The molecule has 0 saturated heterocycles. The van der Waals surface area contributed by atoms with Crippen molar-refractivity contribution in [1.82, 2.24) is 0 Å². The average molecular weight is 743 g/mol. The molecule has 2 aromatic rings. The van der Waals surface area contributed by atoms with Crippen LogP contribution in [0.5, 0.6) is 11.5 Å². The Morgan fingerprint density at radius 2 is 1.64 bits per heavy atom. The fourth-order valence-corrected chi connectivity index (χ4v) is 7.24. The van der Waals surface area contributed by atoms with Gasteiger partial charge in [0.15, 0.2) is 0 Å². The fraction of sp³-hybridized carbons (Fsp3) is 0.235. The fourth-order valence-electron chi connectivity index (χ4n) is 2.52. The molecular formula is C17H14I3O7S-. The molecule has 152 valence electrons. The van der Waals surface area contributed by atoms with Gasteiger partial charge >= 0.3 is 5.97 Å².